The van der Waals surface area contributed by atoms with Gasteiger partial charge >= 0.3 is 0 Å². The second-order valence-corrected chi connectivity index (χ2v) is 9.18. The lowest BCUT2D eigenvalue weighted by Crippen LogP contribution is -3.19. The van der Waals surface area contributed by atoms with Crippen LogP contribution < -0.4 is 10.2 Å². The molecule has 5 atom stereocenters. The van der Waals surface area contributed by atoms with Crippen molar-refractivity contribution in [3.05, 3.63) is 45.3 Å². The first-order chi connectivity index (χ1) is 11.7. The molecule has 120 valence electrons. The molecule has 0 radical (unpaired) electrons. The van der Waals surface area contributed by atoms with Crippen molar-refractivity contribution in [2.45, 2.75) is 36.7 Å². The van der Waals surface area contributed by atoms with Crippen molar-refractivity contribution in [3.8, 4) is 0 Å². The van der Waals surface area contributed by atoms with E-state index in [4.69, 9.17) is 0 Å². The van der Waals surface area contributed by atoms with Crippen LogP contribution in [0.5, 0.6) is 0 Å². The Morgan fingerprint density at radius 2 is 2.21 bits per heavy atom. The Balaban J connectivity index is 1.63. The highest BCUT2D eigenvalue weighted by Crippen LogP contribution is 2.65. The van der Waals surface area contributed by atoms with Crippen molar-refractivity contribution >= 4 is 23.3 Å². The van der Waals surface area contributed by atoms with Crippen LogP contribution in [0.25, 0.3) is 0 Å². The number of ketones is 2. The van der Waals surface area contributed by atoms with E-state index in [9.17, 15) is 9.59 Å². The molecule has 0 amide bonds. The molecule has 2 saturated heterocycles. The molecule has 5 unspecified atom stereocenters. The molecule has 2 aliphatic carbocycles. The van der Waals surface area contributed by atoms with Crippen molar-refractivity contribution in [1.29, 1.82) is 0 Å². The standard InChI is InChI=1S/C18H15N3O2S/c22-9-3-10-18-4-8(9)21-2-1-7-6-19-14-12(7)16(21)13(18)15(17(14)23)20-11(5-18)24-10/h3,6,8,11,16,19-20H,1-2,4-5H2/p+1. The van der Waals surface area contributed by atoms with Crippen molar-refractivity contribution < 1.29 is 14.5 Å². The van der Waals surface area contributed by atoms with Gasteiger partial charge in [0.05, 0.1) is 23.3 Å². The molecule has 6 heteroatoms. The van der Waals surface area contributed by atoms with Crippen molar-refractivity contribution in [2.75, 3.05) is 6.54 Å². The Labute approximate surface area is 142 Å². The number of piperidine rings is 1. The number of Topliss-reactive ketones (excluding diaryl/α,β-unsaturated/α-hetero) is 1. The molecule has 2 fully saturated rings. The van der Waals surface area contributed by atoms with Crippen LogP contribution in [-0.4, -0.2) is 34.5 Å². The molecular weight excluding hydrogens is 322 g/mol. The fraction of sp³-hybridized carbons (Fsp3) is 0.444. The number of carbonyl (C=O) groups excluding carboxylic acids is 2. The number of nitrogens with one attached hydrogen (secondary N) is 3. The highest BCUT2D eigenvalue weighted by molar-refractivity contribution is 8.04. The summed E-state index contributed by atoms with van der Waals surface area (Å²) in [7, 11) is 0. The van der Waals surface area contributed by atoms with Crippen LogP contribution in [0.15, 0.2) is 28.4 Å². The molecule has 1 aromatic heterocycles. The maximum absolute atomic E-state index is 13.2. The summed E-state index contributed by atoms with van der Waals surface area (Å²) in [4.78, 5) is 31.8. The number of quaternary nitrogens is 1. The average molecular weight is 338 g/mol. The van der Waals surface area contributed by atoms with Crippen molar-refractivity contribution in [1.82, 2.24) is 10.3 Å². The summed E-state index contributed by atoms with van der Waals surface area (Å²) in [5, 5.41) is 3.75. The van der Waals surface area contributed by atoms with Gasteiger partial charge in [-0.25, -0.2) is 0 Å². The van der Waals surface area contributed by atoms with Crippen molar-refractivity contribution in [2.24, 2.45) is 5.41 Å². The molecular formula is C18H16N3O2S+. The van der Waals surface area contributed by atoms with E-state index in [0.717, 1.165) is 37.2 Å². The predicted octanol–water partition coefficient (Wildman–Crippen LogP) is 0.239. The topological polar surface area (TPSA) is 66.4 Å². The minimum Gasteiger partial charge on any atom is -0.370 e. The summed E-state index contributed by atoms with van der Waals surface area (Å²) in [6.45, 7) is 0.978. The Morgan fingerprint density at radius 1 is 1.29 bits per heavy atom. The van der Waals surface area contributed by atoms with E-state index < -0.39 is 0 Å². The average Bonchev–Trinajstić information content (AvgIpc) is 3.11. The van der Waals surface area contributed by atoms with Gasteiger partial charge in [-0.15, -0.1) is 11.8 Å². The smallest absolute Gasteiger partial charge is 0.225 e. The van der Waals surface area contributed by atoms with E-state index in [-0.39, 0.29) is 28.7 Å². The van der Waals surface area contributed by atoms with Gasteiger partial charge in [-0.3, -0.25) is 9.59 Å². The van der Waals surface area contributed by atoms with Crippen LogP contribution in [0, 0.1) is 5.41 Å². The third-order valence-electron chi connectivity index (χ3n) is 7.07. The summed E-state index contributed by atoms with van der Waals surface area (Å²) in [5.74, 6) is 0.425. The third kappa shape index (κ3) is 1.10. The minimum atomic E-state index is -0.0537. The number of aromatic nitrogens is 1. The number of allylic oxidation sites excluding steroid dienone is 2. The number of carbonyl (C=O) groups is 2. The molecule has 4 aliphatic heterocycles. The van der Waals surface area contributed by atoms with Crippen LogP contribution >= 0.6 is 11.8 Å². The molecule has 24 heavy (non-hydrogen) atoms. The van der Waals surface area contributed by atoms with E-state index in [0.29, 0.717) is 5.78 Å². The summed E-state index contributed by atoms with van der Waals surface area (Å²) < 4.78 is 0. The zero-order valence-electron chi connectivity index (χ0n) is 12.9. The number of hydrogen-bond acceptors (Lipinski definition) is 4. The molecule has 7 rings (SSSR count). The molecule has 1 spiro atoms. The minimum absolute atomic E-state index is 0.0537. The van der Waals surface area contributed by atoms with Gasteiger partial charge in [-0.05, 0) is 18.1 Å². The molecule has 3 N–H and O–H groups in total. The van der Waals surface area contributed by atoms with Crippen LogP contribution in [0.3, 0.4) is 0 Å². The molecule has 5 nitrogen and oxygen atoms in total. The van der Waals surface area contributed by atoms with Gasteiger partial charge in [0.15, 0.2) is 6.04 Å². The third-order valence-corrected chi connectivity index (χ3v) is 8.40. The maximum atomic E-state index is 13.2. The number of aromatic amines is 1. The van der Waals surface area contributed by atoms with Crippen LogP contribution in [-0.2, 0) is 11.2 Å². The fourth-order valence-corrected chi connectivity index (χ4v) is 7.77. The molecule has 0 aromatic carbocycles. The largest absolute Gasteiger partial charge is 0.370 e. The Hall–Kier alpha value is -1.79. The van der Waals surface area contributed by atoms with Gasteiger partial charge in [0.1, 0.15) is 6.04 Å². The van der Waals surface area contributed by atoms with Gasteiger partial charge in [0.25, 0.3) is 0 Å². The number of H-pyrrole nitrogens is 1. The summed E-state index contributed by atoms with van der Waals surface area (Å²) in [5.41, 5.74) is 5.31. The highest BCUT2D eigenvalue weighted by atomic mass is 32.2. The first-order valence-corrected chi connectivity index (χ1v) is 9.60. The number of fused-ring (bicyclic) bond motifs is 3. The van der Waals surface area contributed by atoms with E-state index in [1.165, 1.54) is 26.5 Å². The first-order valence-electron chi connectivity index (χ1n) is 8.72. The van der Waals surface area contributed by atoms with Crippen LogP contribution in [0.4, 0.5) is 0 Å². The molecule has 0 saturated carbocycles. The molecule has 1 aromatic rings. The van der Waals surface area contributed by atoms with Gasteiger partial charge in [0, 0.05) is 40.5 Å². The number of hydrogen-bond donors (Lipinski definition) is 3. The Kier molecular flexibility index (Phi) is 1.87. The lowest BCUT2D eigenvalue weighted by molar-refractivity contribution is -0.949. The van der Waals surface area contributed by atoms with Crippen LogP contribution in [0.2, 0.25) is 0 Å². The number of rotatable bonds is 0. The van der Waals surface area contributed by atoms with Gasteiger partial charge < -0.3 is 15.2 Å². The summed E-state index contributed by atoms with van der Waals surface area (Å²) >= 11 is 1.77. The van der Waals surface area contributed by atoms with Crippen molar-refractivity contribution in [3.63, 3.8) is 0 Å². The molecule has 3 bridgehead atoms. The molecule has 6 aliphatic rings. The second kappa shape index (κ2) is 3.58. The first kappa shape index (κ1) is 12.6. The SMILES string of the molecule is O=C1C2=C3C4c5c(c[nH]c51)CC[NH+]4C1CC34CC(N2)SC4=CC1=O. The van der Waals surface area contributed by atoms with E-state index >= 15 is 0 Å². The Morgan fingerprint density at radius 3 is 3.12 bits per heavy atom. The zero-order chi connectivity index (χ0) is 15.8. The fourth-order valence-electron chi connectivity index (χ4n) is 6.23. The van der Waals surface area contributed by atoms with E-state index in [2.05, 4.69) is 10.3 Å². The van der Waals surface area contributed by atoms with Crippen LogP contribution in [0.1, 0.15) is 40.5 Å². The zero-order valence-corrected chi connectivity index (χ0v) is 13.8. The van der Waals surface area contributed by atoms with Gasteiger partial charge in [0.2, 0.25) is 11.6 Å². The van der Waals surface area contributed by atoms with Gasteiger partial charge in [-0.2, -0.15) is 0 Å². The monoisotopic (exact) mass is 338 g/mol. The van der Waals surface area contributed by atoms with E-state index in [1.54, 1.807) is 11.8 Å². The quantitative estimate of drug-likeness (QED) is 0.634. The maximum Gasteiger partial charge on any atom is 0.225 e. The summed E-state index contributed by atoms with van der Waals surface area (Å²) in [6.07, 6.45) is 6.80. The summed E-state index contributed by atoms with van der Waals surface area (Å²) in [6, 6.07) is 0.242. The Bertz CT molecular complexity index is 957. The van der Waals surface area contributed by atoms with Gasteiger partial charge in [-0.1, -0.05) is 0 Å². The predicted molar refractivity (Wildman–Crippen MR) is 87.5 cm³/mol. The second-order valence-electron chi connectivity index (χ2n) is 7.93. The normalized spacial score (nSPS) is 42.9. The van der Waals surface area contributed by atoms with E-state index in [1.807, 2.05) is 12.3 Å². The lowest BCUT2D eigenvalue weighted by Gasteiger charge is -2.54. The number of thioether (sulfide) groups is 1. The highest BCUT2D eigenvalue weighted by Gasteiger charge is 2.66. The lowest BCUT2D eigenvalue weighted by atomic mass is 9.58. The molecule has 5 heterocycles.